The van der Waals surface area contributed by atoms with E-state index in [1.807, 2.05) is 48.5 Å². The number of nitrogens with zero attached hydrogens (tertiary/aromatic N) is 2. The molecular weight excluding hydrogens is 572 g/mol. The van der Waals surface area contributed by atoms with Crippen LogP contribution in [0.15, 0.2) is 182 Å². The molecule has 1 heterocycles. The van der Waals surface area contributed by atoms with E-state index in [2.05, 4.69) is 144 Å². The van der Waals surface area contributed by atoms with Gasteiger partial charge >= 0.3 is 0 Å². The molecule has 1 aliphatic rings. The molecule has 3 heteroatoms. The summed E-state index contributed by atoms with van der Waals surface area (Å²) in [5.41, 5.74) is 10.0. The summed E-state index contributed by atoms with van der Waals surface area (Å²) >= 11 is 0. The van der Waals surface area contributed by atoms with Gasteiger partial charge in [-0.3, -0.25) is 0 Å². The molecule has 0 N–H and O–H groups in total. The smallest absolute Gasteiger partial charge is 0.151 e. The lowest BCUT2D eigenvalue weighted by Crippen LogP contribution is -2.31. The van der Waals surface area contributed by atoms with Gasteiger partial charge in [0, 0.05) is 5.69 Å². The summed E-state index contributed by atoms with van der Waals surface area (Å²) in [6.45, 7) is 0. The minimum absolute atomic E-state index is 0.578. The summed E-state index contributed by atoms with van der Waals surface area (Å²) in [5.74, 6) is 1.67. The predicted octanol–water partition coefficient (Wildman–Crippen LogP) is 11.2. The van der Waals surface area contributed by atoms with Crippen molar-refractivity contribution >= 4 is 17.1 Å². The summed E-state index contributed by atoms with van der Waals surface area (Å²) in [5, 5.41) is 9.27. The minimum atomic E-state index is -0.578. The highest BCUT2D eigenvalue weighted by Crippen LogP contribution is 2.51. The van der Waals surface area contributed by atoms with Crippen molar-refractivity contribution in [3.63, 3.8) is 0 Å². The van der Waals surface area contributed by atoms with Crippen LogP contribution in [0.2, 0.25) is 0 Å². The molecule has 0 spiro atoms. The van der Waals surface area contributed by atoms with Gasteiger partial charge in [-0.05, 0) is 81.9 Å². The Kier molecular flexibility index (Phi) is 7.09. The molecule has 0 saturated carbocycles. The third-order valence-corrected chi connectivity index (χ3v) is 9.07. The maximum absolute atomic E-state index is 9.27. The minimum Gasteiger partial charge on any atom is -0.453 e. The van der Waals surface area contributed by atoms with E-state index >= 15 is 0 Å². The number of fused-ring (bicyclic) bond motifs is 2. The molecule has 0 saturated heterocycles. The average molecular weight is 603 g/mol. The molecule has 1 aliphatic heterocycles. The van der Waals surface area contributed by atoms with Gasteiger partial charge in [-0.15, -0.1) is 0 Å². The maximum Gasteiger partial charge on any atom is 0.151 e. The quantitative estimate of drug-likeness (QED) is 0.178. The molecule has 222 valence electrons. The van der Waals surface area contributed by atoms with Crippen molar-refractivity contribution < 1.29 is 4.74 Å². The first-order valence-corrected chi connectivity index (χ1v) is 15.7. The molecule has 0 aliphatic carbocycles. The van der Waals surface area contributed by atoms with Gasteiger partial charge in [0.05, 0.1) is 28.4 Å². The van der Waals surface area contributed by atoms with Gasteiger partial charge in [-0.2, -0.15) is 5.26 Å². The van der Waals surface area contributed by atoms with Crippen LogP contribution in [-0.2, 0) is 5.41 Å². The Morgan fingerprint density at radius 3 is 1.32 bits per heavy atom. The zero-order chi connectivity index (χ0) is 31.6. The van der Waals surface area contributed by atoms with E-state index in [1.165, 1.54) is 22.3 Å². The number of para-hydroxylation sites is 4. The Labute approximate surface area is 275 Å². The van der Waals surface area contributed by atoms with Gasteiger partial charge in [0.2, 0.25) is 0 Å². The standard InChI is InChI=1S/C44H30N2O/c45-31-32-19-21-33(22-20-32)34-23-25-37(26-24-34)44(35-11-3-1-4-12-35,36-13-5-2-6-14-36)38-27-29-39(30-28-38)46-40-15-7-9-17-42(40)47-43-18-10-8-16-41(43)46/h1-30H. The maximum atomic E-state index is 9.27. The van der Waals surface area contributed by atoms with Crippen LogP contribution in [-0.4, -0.2) is 0 Å². The fraction of sp³-hybridized carbons (Fsp3) is 0.0227. The SMILES string of the molecule is N#Cc1ccc(-c2ccc(C(c3ccccc3)(c3ccccc3)c3ccc(N4c5ccccc5Oc5ccccc54)cc3)cc2)cc1. The zero-order valence-corrected chi connectivity index (χ0v) is 25.6. The van der Waals surface area contributed by atoms with Gasteiger partial charge in [-0.25, -0.2) is 0 Å². The first-order chi connectivity index (χ1) is 23.3. The monoisotopic (exact) mass is 602 g/mol. The first-order valence-electron chi connectivity index (χ1n) is 15.7. The predicted molar refractivity (Wildman–Crippen MR) is 190 cm³/mol. The molecule has 7 aromatic rings. The van der Waals surface area contributed by atoms with Crippen molar-refractivity contribution in [3.05, 3.63) is 210 Å². The highest BCUT2D eigenvalue weighted by Gasteiger charge is 2.38. The molecule has 0 unspecified atom stereocenters. The molecule has 0 bridgehead atoms. The van der Waals surface area contributed by atoms with Crippen LogP contribution in [0.3, 0.4) is 0 Å². The molecule has 3 nitrogen and oxygen atoms in total. The van der Waals surface area contributed by atoms with Crippen LogP contribution in [0.5, 0.6) is 11.5 Å². The molecule has 8 rings (SSSR count). The van der Waals surface area contributed by atoms with Gasteiger partial charge in [0.1, 0.15) is 0 Å². The Morgan fingerprint density at radius 2 is 0.830 bits per heavy atom. The normalized spacial score (nSPS) is 11.9. The third kappa shape index (κ3) is 4.84. The Hall–Kier alpha value is -6.37. The number of hydrogen-bond donors (Lipinski definition) is 0. The van der Waals surface area contributed by atoms with Crippen LogP contribution in [0, 0.1) is 11.3 Å². The number of benzene rings is 7. The van der Waals surface area contributed by atoms with E-state index in [1.54, 1.807) is 0 Å². The lowest BCUT2D eigenvalue weighted by atomic mass is 9.65. The highest BCUT2D eigenvalue weighted by molar-refractivity contribution is 5.86. The molecule has 0 radical (unpaired) electrons. The van der Waals surface area contributed by atoms with E-state index in [-0.39, 0.29) is 0 Å². The second-order valence-electron chi connectivity index (χ2n) is 11.7. The average Bonchev–Trinajstić information content (AvgIpc) is 3.16. The second-order valence-corrected chi connectivity index (χ2v) is 11.7. The molecule has 0 amide bonds. The number of hydrogen-bond acceptors (Lipinski definition) is 3. The van der Waals surface area contributed by atoms with Crippen molar-refractivity contribution in [1.29, 1.82) is 5.26 Å². The van der Waals surface area contributed by atoms with Crippen LogP contribution in [0.1, 0.15) is 27.8 Å². The molecule has 47 heavy (non-hydrogen) atoms. The third-order valence-electron chi connectivity index (χ3n) is 9.07. The number of rotatable bonds is 6. The molecule has 0 atom stereocenters. The summed E-state index contributed by atoms with van der Waals surface area (Å²) in [7, 11) is 0. The summed E-state index contributed by atoms with van der Waals surface area (Å²) in [6, 6.07) is 65.7. The Morgan fingerprint density at radius 1 is 0.426 bits per heavy atom. The fourth-order valence-electron chi connectivity index (χ4n) is 6.87. The molecule has 0 aromatic heterocycles. The fourth-order valence-corrected chi connectivity index (χ4v) is 6.87. The van der Waals surface area contributed by atoms with Crippen LogP contribution >= 0.6 is 0 Å². The van der Waals surface area contributed by atoms with E-state index in [0.717, 1.165) is 39.7 Å². The van der Waals surface area contributed by atoms with E-state index in [4.69, 9.17) is 4.74 Å². The molecule has 0 fully saturated rings. The lowest BCUT2D eigenvalue weighted by Gasteiger charge is -2.37. The largest absolute Gasteiger partial charge is 0.453 e. The van der Waals surface area contributed by atoms with Crippen LogP contribution in [0.25, 0.3) is 11.1 Å². The first kappa shape index (κ1) is 28.1. The number of nitriles is 1. The van der Waals surface area contributed by atoms with Crippen LogP contribution in [0.4, 0.5) is 17.1 Å². The second kappa shape index (κ2) is 11.9. The van der Waals surface area contributed by atoms with Gasteiger partial charge in [-0.1, -0.05) is 133 Å². The number of ether oxygens (including phenoxy) is 1. The summed E-state index contributed by atoms with van der Waals surface area (Å²) in [6.07, 6.45) is 0. The topological polar surface area (TPSA) is 36.3 Å². The molecular formula is C44H30N2O. The van der Waals surface area contributed by atoms with Gasteiger partial charge < -0.3 is 9.64 Å². The van der Waals surface area contributed by atoms with Crippen molar-refractivity contribution in [3.8, 4) is 28.7 Å². The lowest BCUT2D eigenvalue weighted by molar-refractivity contribution is 0.477. The van der Waals surface area contributed by atoms with Crippen LogP contribution < -0.4 is 9.64 Å². The van der Waals surface area contributed by atoms with Gasteiger partial charge in [0.15, 0.2) is 11.5 Å². The van der Waals surface area contributed by atoms with Crippen molar-refractivity contribution in [2.75, 3.05) is 4.90 Å². The van der Waals surface area contributed by atoms with Crippen molar-refractivity contribution in [1.82, 2.24) is 0 Å². The summed E-state index contributed by atoms with van der Waals surface area (Å²) in [4.78, 5) is 2.27. The zero-order valence-electron chi connectivity index (χ0n) is 25.6. The number of anilines is 3. The highest BCUT2D eigenvalue weighted by atomic mass is 16.5. The summed E-state index contributed by atoms with van der Waals surface area (Å²) < 4.78 is 6.28. The molecule has 7 aromatic carbocycles. The van der Waals surface area contributed by atoms with E-state index in [0.29, 0.717) is 5.56 Å². The van der Waals surface area contributed by atoms with Gasteiger partial charge in [0.25, 0.3) is 0 Å². The van der Waals surface area contributed by atoms with E-state index < -0.39 is 5.41 Å². The Balaban J connectivity index is 1.30. The van der Waals surface area contributed by atoms with Crippen molar-refractivity contribution in [2.45, 2.75) is 5.41 Å². The Bertz CT molecular complexity index is 2120. The van der Waals surface area contributed by atoms with Crippen molar-refractivity contribution in [2.24, 2.45) is 0 Å². The van der Waals surface area contributed by atoms with E-state index in [9.17, 15) is 5.26 Å².